The van der Waals surface area contributed by atoms with Crippen LogP contribution in [0.15, 0.2) is 97.2 Å². The Hall–Kier alpha value is -3.92. The van der Waals surface area contributed by atoms with Crippen LogP contribution in [0.5, 0.6) is 0 Å². The van der Waals surface area contributed by atoms with Crippen LogP contribution in [0, 0.1) is 0 Å². The fourth-order valence-corrected chi connectivity index (χ4v) is 4.23. The minimum Gasteiger partial charge on any atom is -0.382 e. The molecule has 0 saturated heterocycles. The Kier molecular flexibility index (Phi) is 4.69. The van der Waals surface area contributed by atoms with E-state index in [1.807, 2.05) is 28.8 Å². The second-order valence-corrected chi connectivity index (χ2v) is 8.42. The third-order valence-corrected chi connectivity index (χ3v) is 6.24. The molecule has 0 unspecified atom stereocenters. The number of benzene rings is 3. The van der Waals surface area contributed by atoms with Crippen LogP contribution in [-0.2, 0) is 0 Å². The quantitative estimate of drug-likeness (QED) is 0.347. The van der Waals surface area contributed by atoms with Gasteiger partial charge in [-0.25, -0.2) is 9.50 Å². The van der Waals surface area contributed by atoms with E-state index in [2.05, 4.69) is 78.2 Å². The van der Waals surface area contributed by atoms with Crippen molar-refractivity contribution in [2.75, 3.05) is 5.32 Å². The van der Waals surface area contributed by atoms with Gasteiger partial charge in [0.15, 0.2) is 5.65 Å². The molecule has 0 spiro atoms. The van der Waals surface area contributed by atoms with E-state index >= 15 is 0 Å². The standard InChI is InChI=1S/C28H24N4/c1-3-8-20(9-4-1)25-19-32-27(18-26(31-32)21-10-5-2-6-11-21)30-28(25)22-14-16-24(17-15-22)29-23-12-7-13-23/h1-6,8-11,14-19,23,29H,7,12-13H2. The predicted molar refractivity (Wildman–Crippen MR) is 131 cm³/mol. The summed E-state index contributed by atoms with van der Waals surface area (Å²) in [5.41, 5.74) is 8.31. The van der Waals surface area contributed by atoms with Gasteiger partial charge in [0.1, 0.15) is 0 Å². The van der Waals surface area contributed by atoms with Crippen molar-refractivity contribution in [3.63, 3.8) is 0 Å². The fraction of sp³-hybridized carbons (Fsp3) is 0.143. The first-order chi connectivity index (χ1) is 15.8. The summed E-state index contributed by atoms with van der Waals surface area (Å²) in [6.07, 6.45) is 5.96. The van der Waals surface area contributed by atoms with Crippen molar-refractivity contribution in [3.05, 3.63) is 97.2 Å². The summed E-state index contributed by atoms with van der Waals surface area (Å²) >= 11 is 0. The molecule has 156 valence electrons. The number of anilines is 1. The van der Waals surface area contributed by atoms with Crippen molar-refractivity contribution < 1.29 is 0 Å². The van der Waals surface area contributed by atoms with Gasteiger partial charge in [0.25, 0.3) is 0 Å². The van der Waals surface area contributed by atoms with Crippen molar-refractivity contribution in [3.8, 4) is 33.6 Å². The van der Waals surface area contributed by atoms with Crippen LogP contribution in [0.2, 0.25) is 0 Å². The summed E-state index contributed by atoms with van der Waals surface area (Å²) in [5, 5.41) is 8.43. The second kappa shape index (κ2) is 7.97. The molecule has 32 heavy (non-hydrogen) atoms. The molecular weight excluding hydrogens is 392 g/mol. The number of nitrogens with zero attached hydrogens (tertiary/aromatic N) is 3. The third kappa shape index (κ3) is 3.54. The lowest BCUT2D eigenvalue weighted by atomic mass is 9.93. The Morgan fingerprint density at radius 3 is 2.09 bits per heavy atom. The number of hydrogen-bond donors (Lipinski definition) is 1. The molecule has 2 heterocycles. The Morgan fingerprint density at radius 2 is 1.44 bits per heavy atom. The molecule has 1 aliphatic rings. The van der Waals surface area contributed by atoms with E-state index in [4.69, 9.17) is 10.1 Å². The van der Waals surface area contributed by atoms with Crippen LogP contribution >= 0.6 is 0 Å². The zero-order chi connectivity index (χ0) is 21.3. The highest BCUT2D eigenvalue weighted by atomic mass is 15.2. The number of hydrogen-bond acceptors (Lipinski definition) is 3. The van der Waals surface area contributed by atoms with E-state index in [0.717, 1.165) is 39.3 Å². The Balaban J connectivity index is 1.46. The summed E-state index contributed by atoms with van der Waals surface area (Å²) in [7, 11) is 0. The molecule has 4 nitrogen and oxygen atoms in total. The lowest BCUT2D eigenvalue weighted by molar-refractivity contribution is 0.445. The molecule has 4 heteroatoms. The van der Waals surface area contributed by atoms with Gasteiger partial charge in [0, 0.05) is 40.7 Å². The lowest BCUT2D eigenvalue weighted by Gasteiger charge is -2.27. The van der Waals surface area contributed by atoms with Crippen molar-refractivity contribution in [1.82, 2.24) is 14.6 Å². The van der Waals surface area contributed by atoms with Gasteiger partial charge in [-0.3, -0.25) is 0 Å². The summed E-state index contributed by atoms with van der Waals surface area (Å²) in [4.78, 5) is 5.07. The van der Waals surface area contributed by atoms with Gasteiger partial charge >= 0.3 is 0 Å². The second-order valence-electron chi connectivity index (χ2n) is 8.42. The molecule has 0 radical (unpaired) electrons. The average molecular weight is 417 g/mol. The summed E-state index contributed by atoms with van der Waals surface area (Å²) in [6, 6.07) is 32.0. The molecule has 0 amide bonds. The molecule has 6 rings (SSSR count). The van der Waals surface area contributed by atoms with E-state index in [1.54, 1.807) is 0 Å². The maximum Gasteiger partial charge on any atom is 0.156 e. The van der Waals surface area contributed by atoms with Crippen LogP contribution in [0.25, 0.3) is 39.3 Å². The predicted octanol–water partition coefficient (Wildman–Crippen LogP) is 6.69. The molecule has 1 fully saturated rings. The lowest BCUT2D eigenvalue weighted by Crippen LogP contribution is -2.26. The highest BCUT2D eigenvalue weighted by Crippen LogP contribution is 2.33. The number of aromatic nitrogens is 3. The zero-order valence-corrected chi connectivity index (χ0v) is 17.8. The van der Waals surface area contributed by atoms with Crippen LogP contribution in [-0.4, -0.2) is 20.6 Å². The first-order valence-corrected chi connectivity index (χ1v) is 11.2. The molecule has 0 atom stereocenters. The van der Waals surface area contributed by atoms with E-state index in [9.17, 15) is 0 Å². The van der Waals surface area contributed by atoms with Gasteiger partial charge in [-0.05, 0) is 37.0 Å². The highest BCUT2D eigenvalue weighted by molar-refractivity contribution is 5.82. The zero-order valence-electron chi connectivity index (χ0n) is 17.8. The number of fused-ring (bicyclic) bond motifs is 1. The molecule has 1 saturated carbocycles. The van der Waals surface area contributed by atoms with Gasteiger partial charge in [-0.15, -0.1) is 0 Å². The third-order valence-electron chi connectivity index (χ3n) is 6.24. The van der Waals surface area contributed by atoms with E-state index in [0.29, 0.717) is 6.04 Å². The topological polar surface area (TPSA) is 42.2 Å². The van der Waals surface area contributed by atoms with E-state index in [-0.39, 0.29) is 0 Å². The molecular formula is C28H24N4. The Morgan fingerprint density at radius 1 is 0.750 bits per heavy atom. The Labute approximate surface area is 187 Å². The number of nitrogens with one attached hydrogen (secondary N) is 1. The molecule has 2 aromatic heterocycles. The van der Waals surface area contributed by atoms with E-state index < -0.39 is 0 Å². The highest BCUT2D eigenvalue weighted by Gasteiger charge is 2.17. The van der Waals surface area contributed by atoms with Crippen LogP contribution in [0.1, 0.15) is 19.3 Å². The van der Waals surface area contributed by atoms with Crippen LogP contribution in [0.4, 0.5) is 5.69 Å². The normalized spacial score (nSPS) is 13.8. The first kappa shape index (κ1) is 18.8. The summed E-state index contributed by atoms with van der Waals surface area (Å²) in [6.45, 7) is 0. The minimum absolute atomic E-state index is 0.624. The first-order valence-electron chi connectivity index (χ1n) is 11.2. The van der Waals surface area contributed by atoms with Gasteiger partial charge in [0.05, 0.1) is 11.4 Å². The largest absolute Gasteiger partial charge is 0.382 e. The maximum atomic E-state index is 5.07. The minimum atomic E-state index is 0.624. The summed E-state index contributed by atoms with van der Waals surface area (Å²) in [5.74, 6) is 0. The number of rotatable bonds is 5. The van der Waals surface area contributed by atoms with Gasteiger partial charge in [-0.1, -0.05) is 72.8 Å². The average Bonchev–Trinajstić information content (AvgIpc) is 3.25. The Bertz CT molecular complexity index is 1350. The van der Waals surface area contributed by atoms with Crippen molar-refractivity contribution in [2.24, 2.45) is 0 Å². The van der Waals surface area contributed by atoms with Crippen LogP contribution in [0.3, 0.4) is 0 Å². The van der Waals surface area contributed by atoms with Crippen molar-refractivity contribution in [2.45, 2.75) is 25.3 Å². The molecule has 0 aliphatic heterocycles. The van der Waals surface area contributed by atoms with E-state index in [1.165, 1.54) is 24.9 Å². The molecule has 5 aromatic rings. The van der Waals surface area contributed by atoms with Gasteiger partial charge < -0.3 is 5.32 Å². The smallest absolute Gasteiger partial charge is 0.156 e. The fourth-order valence-electron chi connectivity index (χ4n) is 4.23. The maximum absolute atomic E-state index is 5.07. The molecule has 0 bridgehead atoms. The molecule has 3 aromatic carbocycles. The summed E-state index contributed by atoms with van der Waals surface area (Å²) < 4.78 is 1.89. The van der Waals surface area contributed by atoms with Crippen LogP contribution < -0.4 is 5.32 Å². The van der Waals surface area contributed by atoms with Crippen molar-refractivity contribution >= 4 is 11.3 Å². The monoisotopic (exact) mass is 416 g/mol. The SMILES string of the molecule is c1ccc(-c2cc3nc(-c4ccc(NC5CCC5)cc4)c(-c4ccccc4)cn3n2)cc1. The molecule has 1 aliphatic carbocycles. The van der Waals surface area contributed by atoms with Crippen molar-refractivity contribution in [1.29, 1.82) is 0 Å². The van der Waals surface area contributed by atoms with Gasteiger partial charge in [0.2, 0.25) is 0 Å². The van der Waals surface area contributed by atoms with Gasteiger partial charge in [-0.2, -0.15) is 5.10 Å². The molecule has 1 N–H and O–H groups in total.